The number of amides is 1. The fourth-order valence-corrected chi connectivity index (χ4v) is 2.74. The molecule has 1 atom stereocenters. The minimum Gasteiger partial charge on any atom is -0.345 e. The second-order valence-corrected chi connectivity index (χ2v) is 5.81. The molecule has 0 saturated heterocycles. The maximum Gasteiger partial charge on any atom is 0.223 e. The molecule has 22 heavy (non-hydrogen) atoms. The summed E-state index contributed by atoms with van der Waals surface area (Å²) in [6, 6.07) is 16.1. The zero-order valence-corrected chi connectivity index (χ0v) is 12.1. The van der Waals surface area contributed by atoms with Crippen molar-refractivity contribution in [2.24, 2.45) is 5.92 Å². The summed E-state index contributed by atoms with van der Waals surface area (Å²) in [6.45, 7) is 0. The molecule has 1 heterocycles. The Morgan fingerprint density at radius 2 is 1.95 bits per heavy atom. The van der Waals surface area contributed by atoms with Crippen LogP contribution in [0.15, 0.2) is 54.9 Å². The van der Waals surface area contributed by atoms with E-state index in [9.17, 15) is 4.79 Å². The number of aromatic nitrogens is 2. The first-order chi connectivity index (χ1) is 10.8. The highest BCUT2D eigenvalue weighted by Crippen LogP contribution is 2.31. The molecule has 4 nitrogen and oxygen atoms in total. The predicted molar refractivity (Wildman–Crippen MR) is 85.2 cm³/mol. The van der Waals surface area contributed by atoms with Crippen molar-refractivity contribution in [3.05, 3.63) is 66.0 Å². The molecule has 4 heteroatoms. The van der Waals surface area contributed by atoms with E-state index in [0.29, 0.717) is 0 Å². The summed E-state index contributed by atoms with van der Waals surface area (Å²) in [5.74, 6) is 0.348. The third-order valence-electron chi connectivity index (χ3n) is 4.15. The Morgan fingerprint density at radius 3 is 2.73 bits per heavy atom. The molecule has 0 bridgehead atoms. The Morgan fingerprint density at radius 1 is 1.14 bits per heavy atom. The van der Waals surface area contributed by atoms with Crippen molar-refractivity contribution in [2.75, 3.05) is 0 Å². The van der Waals surface area contributed by atoms with Crippen molar-refractivity contribution < 1.29 is 4.79 Å². The van der Waals surface area contributed by atoms with Gasteiger partial charge < -0.3 is 10.3 Å². The van der Waals surface area contributed by atoms with Gasteiger partial charge in [0, 0.05) is 5.92 Å². The number of carbonyl (C=O) groups is 1. The van der Waals surface area contributed by atoms with Gasteiger partial charge in [0.15, 0.2) is 0 Å². The number of hydrogen-bond acceptors (Lipinski definition) is 2. The van der Waals surface area contributed by atoms with Crippen LogP contribution in [0, 0.1) is 5.92 Å². The van der Waals surface area contributed by atoms with E-state index in [0.717, 1.165) is 35.0 Å². The van der Waals surface area contributed by atoms with Gasteiger partial charge in [0.05, 0.1) is 23.4 Å². The van der Waals surface area contributed by atoms with E-state index in [1.165, 1.54) is 0 Å². The molecule has 1 unspecified atom stereocenters. The summed E-state index contributed by atoms with van der Waals surface area (Å²) in [4.78, 5) is 19.6. The average Bonchev–Trinajstić information content (AvgIpc) is 3.31. The topological polar surface area (TPSA) is 57.8 Å². The molecule has 1 aliphatic carbocycles. The summed E-state index contributed by atoms with van der Waals surface area (Å²) < 4.78 is 0. The van der Waals surface area contributed by atoms with E-state index in [2.05, 4.69) is 33.5 Å². The molecule has 2 N–H and O–H groups in total. The second kappa shape index (κ2) is 5.30. The Bertz CT molecular complexity index is 805. The molecule has 1 saturated carbocycles. The Labute approximate surface area is 128 Å². The smallest absolute Gasteiger partial charge is 0.223 e. The largest absolute Gasteiger partial charge is 0.345 e. The summed E-state index contributed by atoms with van der Waals surface area (Å²) in [5, 5.41) is 3.20. The lowest BCUT2D eigenvalue weighted by Gasteiger charge is -2.20. The van der Waals surface area contributed by atoms with Gasteiger partial charge in [-0.1, -0.05) is 36.4 Å². The van der Waals surface area contributed by atoms with Crippen LogP contribution in [0.3, 0.4) is 0 Å². The molecule has 0 aliphatic heterocycles. The van der Waals surface area contributed by atoms with Gasteiger partial charge >= 0.3 is 0 Å². The first-order valence-corrected chi connectivity index (χ1v) is 7.59. The SMILES string of the molecule is O=C(NC(c1ccccc1)c1ccc2nc[nH]c2c1)C1CC1. The fraction of sp³-hybridized carbons (Fsp3) is 0.222. The molecule has 110 valence electrons. The monoisotopic (exact) mass is 291 g/mol. The van der Waals surface area contributed by atoms with E-state index >= 15 is 0 Å². The van der Waals surface area contributed by atoms with Gasteiger partial charge in [0.25, 0.3) is 0 Å². The Kier molecular flexibility index (Phi) is 3.15. The van der Waals surface area contributed by atoms with Gasteiger partial charge in [0.2, 0.25) is 5.91 Å². The number of nitrogens with zero attached hydrogens (tertiary/aromatic N) is 1. The second-order valence-electron chi connectivity index (χ2n) is 5.81. The van der Waals surface area contributed by atoms with Crippen LogP contribution < -0.4 is 5.32 Å². The van der Waals surface area contributed by atoms with E-state index in [1.54, 1.807) is 6.33 Å². The molecule has 0 radical (unpaired) electrons. The Hall–Kier alpha value is -2.62. The van der Waals surface area contributed by atoms with Crippen molar-refractivity contribution in [1.29, 1.82) is 0 Å². The average molecular weight is 291 g/mol. The van der Waals surface area contributed by atoms with Gasteiger partial charge in [-0.2, -0.15) is 0 Å². The molecule has 4 rings (SSSR count). The zero-order chi connectivity index (χ0) is 14.9. The van der Waals surface area contributed by atoms with E-state index in [4.69, 9.17) is 0 Å². The third kappa shape index (κ3) is 2.48. The number of nitrogens with one attached hydrogen (secondary N) is 2. The quantitative estimate of drug-likeness (QED) is 0.775. The van der Waals surface area contributed by atoms with Crippen molar-refractivity contribution in [2.45, 2.75) is 18.9 Å². The van der Waals surface area contributed by atoms with Crippen molar-refractivity contribution in [3.8, 4) is 0 Å². The highest BCUT2D eigenvalue weighted by atomic mass is 16.2. The van der Waals surface area contributed by atoms with Crippen LogP contribution in [0.5, 0.6) is 0 Å². The molecule has 3 aromatic rings. The number of H-pyrrole nitrogens is 1. The molecular formula is C18H17N3O. The van der Waals surface area contributed by atoms with Crippen LogP contribution in [0.4, 0.5) is 0 Å². The molecule has 2 aromatic carbocycles. The summed E-state index contributed by atoms with van der Waals surface area (Å²) in [5.41, 5.74) is 4.08. The highest BCUT2D eigenvalue weighted by Gasteiger charge is 2.31. The van der Waals surface area contributed by atoms with Crippen molar-refractivity contribution in [1.82, 2.24) is 15.3 Å². The van der Waals surface area contributed by atoms with Crippen LogP contribution in [0.2, 0.25) is 0 Å². The van der Waals surface area contributed by atoms with Gasteiger partial charge in [-0.15, -0.1) is 0 Å². The lowest BCUT2D eigenvalue weighted by molar-refractivity contribution is -0.122. The van der Waals surface area contributed by atoms with Gasteiger partial charge in [0.1, 0.15) is 0 Å². The first-order valence-electron chi connectivity index (χ1n) is 7.59. The van der Waals surface area contributed by atoms with Gasteiger partial charge in [-0.05, 0) is 36.1 Å². The van der Waals surface area contributed by atoms with Crippen LogP contribution in [0.1, 0.15) is 30.0 Å². The zero-order valence-electron chi connectivity index (χ0n) is 12.1. The number of benzene rings is 2. The van der Waals surface area contributed by atoms with Crippen molar-refractivity contribution >= 4 is 16.9 Å². The van der Waals surface area contributed by atoms with Crippen LogP contribution in [-0.4, -0.2) is 15.9 Å². The van der Waals surface area contributed by atoms with Crippen molar-refractivity contribution in [3.63, 3.8) is 0 Å². The molecule has 1 aliphatic rings. The number of carbonyl (C=O) groups excluding carboxylic acids is 1. The lowest BCUT2D eigenvalue weighted by atomic mass is 9.98. The van der Waals surface area contributed by atoms with Crippen LogP contribution >= 0.6 is 0 Å². The molecular weight excluding hydrogens is 274 g/mol. The van der Waals surface area contributed by atoms with Gasteiger partial charge in [-0.25, -0.2) is 4.98 Å². The molecule has 0 spiro atoms. The lowest BCUT2D eigenvalue weighted by Crippen LogP contribution is -2.30. The maximum atomic E-state index is 12.2. The normalized spacial score (nSPS) is 15.6. The highest BCUT2D eigenvalue weighted by molar-refractivity contribution is 5.82. The number of fused-ring (bicyclic) bond motifs is 1. The summed E-state index contributed by atoms with van der Waals surface area (Å²) >= 11 is 0. The molecule has 1 fully saturated rings. The number of rotatable bonds is 4. The van der Waals surface area contributed by atoms with E-state index in [-0.39, 0.29) is 17.9 Å². The molecule has 1 aromatic heterocycles. The number of hydrogen-bond donors (Lipinski definition) is 2. The van der Waals surface area contributed by atoms with E-state index < -0.39 is 0 Å². The first kappa shape index (κ1) is 13.1. The minimum absolute atomic E-state index is 0.123. The number of imidazole rings is 1. The third-order valence-corrected chi connectivity index (χ3v) is 4.15. The summed E-state index contributed by atoms with van der Waals surface area (Å²) in [6.07, 6.45) is 3.70. The van der Waals surface area contributed by atoms with Crippen LogP contribution in [0.25, 0.3) is 11.0 Å². The van der Waals surface area contributed by atoms with Gasteiger partial charge in [-0.3, -0.25) is 4.79 Å². The maximum absolute atomic E-state index is 12.2. The summed E-state index contributed by atoms with van der Waals surface area (Å²) in [7, 11) is 0. The molecule has 1 amide bonds. The fourth-order valence-electron chi connectivity index (χ4n) is 2.74. The number of aromatic amines is 1. The Balaban J connectivity index is 1.73. The minimum atomic E-state index is -0.123. The van der Waals surface area contributed by atoms with E-state index in [1.807, 2.05) is 30.3 Å². The predicted octanol–water partition coefficient (Wildman–Crippen LogP) is 3.18. The standard InChI is InChI=1S/C18H17N3O/c22-18(13-6-7-13)21-17(12-4-2-1-3-5-12)14-8-9-15-16(10-14)20-11-19-15/h1-5,8-11,13,17H,6-7H2,(H,19,20)(H,21,22). The van der Waals surface area contributed by atoms with Crippen LogP contribution in [-0.2, 0) is 4.79 Å².